The molecular weight excluding hydrogens is 374 g/mol. The van der Waals surface area contributed by atoms with E-state index in [1.807, 2.05) is 66.7 Å². The van der Waals surface area contributed by atoms with Crippen LogP contribution in [0.15, 0.2) is 85.1 Å². The molecule has 0 unspecified atom stereocenters. The van der Waals surface area contributed by atoms with Gasteiger partial charge in [-0.25, -0.2) is 4.79 Å². The fourth-order valence-electron chi connectivity index (χ4n) is 2.85. The van der Waals surface area contributed by atoms with Crippen LogP contribution in [-0.4, -0.2) is 17.6 Å². The number of pyridine rings is 1. The van der Waals surface area contributed by atoms with E-state index in [1.54, 1.807) is 18.3 Å². The third kappa shape index (κ3) is 4.58. The van der Waals surface area contributed by atoms with Gasteiger partial charge in [-0.05, 0) is 23.3 Å². The number of halogens is 1. The average Bonchev–Trinajstić information content (AvgIpc) is 2.75. The molecule has 0 aliphatic heterocycles. The molecule has 2 aromatic carbocycles. The number of hydrogen-bond acceptors (Lipinski definition) is 4. The molecular formula is C23H20ClNO3. The Balaban J connectivity index is 0.00000280. The lowest BCUT2D eigenvalue weighted by atomic mass is 9.86. The van der Waals surface area contributed by atoms with Gasteiger partial charge in [0, 0.05) is 6.20 Å². The van der Waals surface area contributed by atoms with Crippen molar-refractivity contribution in [2.24, 2.45) is 0 Å². The van der Waals surface area contributed by atoms with Gasteiger partial charge in [-0.1, -0.05) is 72.7 Å². The third-order valence-electron chi connectivity index (χ3n) is 4.10. The molecule has 0 aliphatic carbocycles. The summed E-state index contributed by atoms with van der Waals surface area (Å²) < 4.78 is 11.6. The average molecular weight is 394 g/mol. The molecule has 0 saturated carbocycles. The number of ether oxygens (including phenoxy) is 2. The minimum absolute atomic E-state index is 0. The number of hydrogen-bond donors (Lipinski definition) is 0. The van der Waals surface area contributed by atoms with Crippen LogP contribution in [0.4, 0.5) is 0 Å². The molecule has 0 spiro atoms. The summed E-state index contributed by atoms with van der Waals surface area (Å²) in [6, 6.07) is 23.9. The second kappa shape index (κ2) is 10.3. The molecule has 0 radical (unpaired) electrons. The van der Waals surface area contributed by atoms with Crippen molar-refractivity contribution in [3.63, 3.8) is 0 Å². The van der Waals surface area contributed by atoms with E-state index in [0.29, 0.717) is 16.8 Å². The Kier molecular flexibility index (Phi) is 7.76. The van der Waals surface area contributed by atoms with Crippen LogP contribution in [0.5, 0.6) is 0 Å². The Bertz CT molecular complexity index is 869. The van der Waals surface area contributed by atoms with E-state index in [4.69, 9.17) is 15.9 Å². The van der Waals surface area contributed by atoms with Crippen LogP contribution in [0.1, 0.15) is 16.8 Å². The highest BCUT2D eigenvalue weighted by Crippen LogP contribution is 2.35. The van der Waals surface area contributed by atoms with Gasteiger partial charge in [-0.15, -0.1) is 18.8 Å². The van der Waals surface area contributed by atoms with Crippen LogP contribution < -0.4 is 0 Å². The molecule has 0 atom stereocenters. The van der Waals surface area contributed by atoms with E-state index in [2.05, 4.69) is 10.9 Å². The second-order valence-corrected chi connectivity index (χ2v) is 5.80. The largest absolute Gasteiger partial charge is 0.457 e. The van der Waals surface area contributed by atoms with E-state index >= 15 is 0 Å². The van der Waals surface area contributed by atoms with Crippen LogP contribution in [-0.2, 0) is 26.5 Å². The fourth-order valence-corrected chi connectivity index (χ4v) is 2.85. The summed E-state index contributed by atoms with van der Waals surface area (Å²) in [4.78, 5) is 17.5. The second-order valence-electron chi connectivity index (χ2n) is 5.80. The molecule has 1 aromatic heterocycles. The van der Waals surface area contributed by atoms with Crippen molar-refractivity contribution in [1.82, 2.24) is 4.98 Å². The molecule has 0 bridgehead atoms. The maximum Gasteiger partial charge on any atom is 0.348 e. The summed E-state index contributed by atoms with van der Waals surface area (Å²) in [5.41, 5.74) is 0.497. The third-order valence-corrected chi connectivity index (χ3v) is 4.10. The Hall–Kier alpha value is -3.13. The highest BCUT2D eigenvalue weighted by atomic mass is 35.5. The van der Waals surface area contributed by atoms with Crippen molar-refractivity contribution in [2.75, 3.05) is 6.61 Å². The first-order chi connectivity index (χ1) is 13.3. The summed E-state index contributed by atoms with van der Waals surface area (Å²) >= 11 is 0. The number of carbonyl (C=O) groups is 1. The van der Waals surface area contributed by atoms with E-state index in [9.17, 15) is 4.79 Å². The van der Waals surface area contributed by atoms with Gasteiger partial charge < -0.3 is 9.47 Å². The molecule has 0 saturated heterocycles. The number of esters is 1. The van der Waals surface area contributed by atoms with Gasteiger partial charge in [0.2, 0.25) is 5.60 Å². The van der Waals surface area contributed by atoms with Gasteiger partial charge in [-0.3, -0.25) is 4.98 Å². The van der Waals surface area contributed by atoms with Crippen molar-refractivity contribution in [1.29, 1.82) is 0 Å². The van der Waals surface area contributed by atoms with E-state index < -0.39 is 11.6 Å². The molecule has 28 heavy (non-hydrogen) atoms. The lowest BCUT2D eigenvalue weighted by Crippen LogP contribution is -2.41. The van der Waals surface area contributed by atoms with Crippen molar-refractivity contribution in [3.8, 4) is 12.3 Å². The first-order valence-corrected chi connectivity index (χ1v) is 8.53. The number of aromatic nitrogens is 1. The molecule has 0 aliphatic rings. The van der Waals surface area contributed by atoms with Crippen LogP contribution in [0.25, 0.3) is 0 Å². The Labute approximate surface area is 170 Å². The number of rotatable bonds is 7. The normalized spacial score (nSPS) is 10.4. The zero-order valence-corrected chi connectivity index (χ0v) is 16.0. The highest BCUT2D eigenvalue weighted by molar-refractivity contribution is 5.86. The first kappa shape index (κ1) is 21.2. The van der Waals surface area contributed by atoms with Crippen LogP contribution >= 0.6 is 12.4 Å². The van der Waals surface area contributed by atoms with Gasteiger partial charge in [0.05, 0.1) is 5.69 Å². The van der Waals surface area contributed by atoms with Gasteiger partial charge in [0.1, 0.15) is 13.2 Å². The number of terminal acetylenes is 1. The van der Waals surface area contributed by atoms with Gasteiger partial charge >= 0.3 is 5.97 Å². The summed E-state index contributed by atoms with van der Waals surface area (Å²) in [6.07, 6.45) is 7.07. The summed E-state index contributed by atoms with van der Waals surface area (Å²) in [5.74, 6) is 1.91. The topological polar surface area (TPSA) is 48.4 Å². The highest BCUT2D eigenvalue weighted by Gasteiger charge is 2.45. The van der Waals surface area contributed by atoms with Gasteiger partial charge in [-0.2, -0.15) is 0 Å². The van der Waals surface area contributed by atoms with Crippen LogP contribution in [0.2, 0.25) is 0 Å². The maximum atomic E-state index is 13.3. The van der Waals surface area contributed by atoms with Crippen molar-refractivity contribution >= 4 is 18.4 Å². The Morgan fingerprint density at radius 3 is 2.00 bits per heavy atom. The number of benzene rings is 2. The quantitative estimate of drug-likeness (QED) is 0.447. The minimum Gasteiger partial charge on any atom is -0.457 e. The molecule has 3 rings (SSSR count). The molecule has 3 aromatic rings. The van der Waals surface area contributed by atoms with Crippen molar-refractivity contribution < 1.29 is 14.3 Å². The van der Waals surface area contributed by atoms with Gasteiger partial charge in [0.15, 0.2) is 0 Å². The zero-order chi connectivity index (χ0) is 19.0. The van der Waals surface area contributed by atoms with Crippen LogP contribution in [0, 0.1) is 12.3 Å². The summed E-state index contributed by atoms with van der Waals surface area (Å²) in [7, 11) is 0. The maximum absolute atomic E-state index is 13.3. The van der Waals surface area contributed by atoms with Crippen molar-refractivity contribution in [2.45, 2.75) is 12.2 Å². The summed E-state index contributed by atoms with van der Waals surface area (Å²) in [5, 5.41) is 0. The molecule has 0 N–H and O–H groups in total. The Morgan fingerprint density at radius 2 is 1.50 bits per heavy atom. The number of carbonyl (C=O) groups excluding carboxylic acids is 1. The molecule has 4 nitrogen and oxygen atoms in total. The molecule has 0 amide bonds. The Morgan fingerprint density at radius 1 is 0.929 bits per heavy atom. The fraction of sp³-hybridized carbons (Fsp3) is 0.130. The van der Waals surface area contributed by atoms with E-state index in [0.717, 1.165) is 0 Å². The standard InChI is InChI=1S/C23H19NO3.ClH/c1-2-17-27-23(19-11-5-3-6-12-19,20-13-7-4-8-14-20)22(25)26-18-21-15-9-10-16-24-21;/h1,3-16H,17-18H2;1H. The lowest BCUT2D eigenvalue weighted by molar-refractivity contribution is -0.168. The minimum atomic E-state index is -1.45. The van der Waals surface area contributed by atoms with E-state index in [-0.39, 0.29) is 25.6 Å². The zero-order valence-electron chi connectivity index (χ0n) is 15.2. The number of nitrogens with zero attached hydrogens (tertiary/aromatic N) is 1. The predicted octanol–water partition coefficient (Wildman–Crippen LogP) is 4.14. The van der Waals surface area contributed by atoms with Gasteiger partial charge in [0.25, 0.3) is 0 Å². The lowest BCUT2D eigenvalue weighted by Gasteiger charge is -2.32. The first-order valence-electron chi connectivity index (χ1n) is 8.53. The molecule has 142 valence electrons. The monoisotopic (exact) mass is 393 g/mol. The molecule has 1 heterocycles. The SMILES string of the molecule is C#CCOC(C(=O)OCc1ccccn1)(c1ccccc1)c1ccccc1.Cl. The van der Waals surface area contributed by atoms with Crippen LogP contribution in [0.3, 0.4) is 0 Å². The molecule has 0 fully saturated rings. The van der Waals surface area contributed by atoms with E-state index in [1.165, 1.54) is 0 Å². The summed E-state index contributed by atoms with van der Waals surface area (Å²) in [6.45, 7) is 0.00296. The smallest absolute Gasteiger partial charge is 0.348 e. The predicted molar refractivity (Wildman–Crippen MR) is 110 cm³/mol. The molecule has 5 heteroatoms. The van der Waals surface area contributed by atoms with Crippen molar-refractivity contribution in [3.05, 3.63) is 102 Å².